The van der Waals surface area contributed by atoms with E-state index in [1.165, 1.54) is 7.11 Å². The molecular formula is C19H25N3O3. The summed E-state index contributed by atoms with van der Waals surface area (Å²) in [5.41, 5.74) is 3.58. The average Bonchev–Trinajstić information content (AvgIpc) is 2.95. The number of methoxy groups -OCH3 is 1. The van der Waals surface area contributed by atoms with Crippen LogP contribution in [-0.2, 0) is 9.53 Å². The normalized spacial score (nSPS) is 10.5. The number of rotatable bonds is 8. The molecule has 1 heterocycles. The van der Waals surface area contributed by atoms with Crippen LogP contribution in [0.4, 0.5) is 0 Å². The van der Waals surface area contributed by atoms with Crippen LogP contribution in [0.1, 0.15) is 47.4 Å². The van der Waals surface area contributed by atoms with Crippen LogP contribution in [0.3, 0.4) is 0 Å². The highest BCUT2D eigenvalue weighted by Crippen LogP contribution is 2.13. The van der Waals surface area contributed by atoms with Gasteiger partial charge < -0.3 is 10.1 Å². The summed E-state index contributed by atoms with van der Waals surface area (Å²) in [5, 5.41) is 7.33. The zero-order valence-electron chi connectivity index (χ0n) is 15.0. The largest absolute Gasteiger partial charge is 0.469 e. The Labute approximate surface area is 148 Å². The second-order valence-corrected chi connectivity index (χ2v) is 6.03. The van der Waals surface area contributed by atoms with Crippen LogP contribution in [0.5, 0.6) is 0 Å². The van der Waals surface area contributed by atoms with Crippen molar-refractivity contribution in [1.29, 1.82) is 0 Å². The van der Waals surface area contributed by atoms with Crippen molar-refractivity contribution in [3.63, 3.8) is 0 Å². The van der Waals surface area contributed by atoms with Crippen molar-refractivity contribution < 1.29 is 14.3 Å². The van der Waals surface area contributed by atoms with Gasteiger partial charge in [-0.3, -0.25) is 9.59 Å². The number of ether oxygens (including phenoxy) is 1. The number of benzene rings is 1. The standard InChI is InChI=1S/C19H25N3O3/c1-14-13-15(2)22(21-14)17-10-8-16(9-11-17)19(24)20-12-6-4-5-7-18(23)25-3/h8-11,13H,4-7,12H2,1-3H3,(H,20,24). The third-order valence-electron chi connectivity index (χ3n) is 3.95. The van der Waals surface area contributed by atoms with Crippen molar-refractivity contribution in [3.05, 3.63) is 47.3 Å². The van der Waals surface area contributed by atoms with Gasteiger partial charge in [0.15, 0.2) is 0 Å². The number of carbonyl (C=O) groups is 2. The summed E-state index contributed by atoms with van der Waals surface area (Å²) in [7, 11) is 1.39. The Hall–Kier alpha value is -2.63. The van der Waals surface area contributed by atoms with E-state index in [1.54, 1.807) is 12.1 Å². The molecule has 2 rings (SSSR count). The number of nitrogens with one attached hydrogen (secondary N) is 1. The van der Waals surface area contributed by atoms with Gasteiger partial charge in [-0.1, -0.05) is 6.42 Å². The molecule has 0 radical (unpaired) electrons. The Balaban J connectivity index is 1.79. The number of nitrogens with zero attached hydrogens (tertiary/aromatic N) is 2. The quantitative estimate of drug-likeness (QED) is 0.591. The van der Waals surface area contributed by atoms with Crippen LogP contribution in [0.2, 0.25) is 0 Å². The van der Waals surface area contributed by atoms with Crippen LogP contribution >= 0.6 is 0 Å². The van der Waals surface area contributed by atoms with E-state index in [0.717, 1.165) is 36.3 Å². The minimum Gasteiger partial charge on any atom is -0.469 e. The molecular weight excluding hydrogens is 318 g/mol. The summed E-state index contributed by atoms with van der Waals surface area (Å²) in [6.45, 7) is 4.55. The number of hydrogen-bond acceptors (Lipinski definition) is 4. The summed E-state index contributed by atoms with van der Waals surface area (Å²) in [4.78, 5) is 23.1. The van der Waals surface area contributed by atoms with Crippen molar-refractivity contribution in [2.75, 3.05) is 13.7 Å². The number of amides is 1. The number of unbranched alkanes of at least 4 members (excludes halogenated alkanes) is 2. The fourth-order valence-electron chi connectivity index (χ4n) is 2.62. The molecule has 0 aliphatic rings. The maximum Gasteiger partial charge on any atom is 0.305 e. The smallest absolute Gasteiger partial charge is 0.305 e. The fourth-order valence-corrected chi connectivity index (χ4v) is 2.62. The first-order valence-corrected chi connectivity index (χ1v) is 8.50. The number of hydrogen-bond donors (Lipinski definition) is 1. The lowest BCUT2D eigenvalue weighted by Gasteiger charge is -2.07. The van der Waals surface area contributed by atoms with Crippen LogP contribution in [0.15, 0.2) is 30.3 Å². The molecule has 0 saturated heterocycles. The van der Waals surface area contributed by atoms with Gasteiger partial charge in [-0.05, 0) is 57.0 Å². The number of carbonyl (C=O) groups excluding carboxylic acids is 2. The molecule has 134 valence electrons. The van der Waals surface area contributed by atoms with Crippen LogP contribution in [-0.4, -0.2) is 35.3 Å². The second-order valence-electron chi connectivity index (χ2n) is 6.03. The van der Waals surface area contributed by atoms with E-state index in [2.05, 4.69) is 15.2 Å². The third-order valence-corrected chi connectivity index (χ3v) is 3.95. The van der Waals surface area contributed by atoms with E-state index in [4.69, 9.17) is 0 Å². The molecule has 6 nitrogen and oxygen atoms in total. The predicted molar refractivity (Wildman–Crippen MR) is 95.9 cm³/mol. The second kappa shape index (κ2) is 9.01. The maximum absolute atomic E-state index is 12.1. The lowest BCUT2D eigenvalue weighted by Crippen LogP contribution is -2.24. The summed E-state index contributed by atoms with van der Waals surface area (Å²) >= 11 is 0. The van der Waals surface area contributed by atoms with Crippen molar-refractivity contribution in [1.82, 2.24) is 15.1 Å². The molecule has 0 aliphatic carbocycles. The first-order chi connectivity index (χ1) is 12.0. The minimum atomic E-state index is -0.188. The molecule has 0 atom stereocenters. The predicted octanol–water partition coefficient (Wildman–Crippen LogP) is 2.95. The first kappa shape index (κ1) is 18.7. The molecule has 1 aromatic heterocycles. The van der Waals surface area contributed by atoms with Crippen molar-refractivity contribution in [3.8, 4) is 5.69 Å². The average molecular weight is 343 g/mol. The van der Waals surface area contributed by atoms with Gasteiger partial charge in [0.2, 0.25) is 0 Å². The van der Waals surface area contributed by atoms with Crippen LogP contribution in [0, 0.1) is 13.8 Å². The molecule has 6 heteroatoms. The van der Waals surface area contributed by atoms with E-state index in [0.29, 0.717) is 18.5 Å². The summed E-state index contributed by atoms with van der Waals surface area (Å²) < 4.78 is 6.45. The van der Waals surface area contributed by atoms with Crippen LogP contribution in [0.25, 0.3) is 5.69 Å². The molecule has 1 amide bonds. The molecule has 2 aromatic rings. The summed E-state index contributed by atoms with van der Waals surface area (Å²) in [6, 6.07) is 9.41. The monoisotopic (exact) mass is 343 g/mol. The molecule has 0 bridgehead atoms. The Bertz CT molecular complexity index is 720. The first-order valence-electron chi connectivity index (χ1n) is 8.50. The van der Waals surface area contributed by atoms with Gasteiger partial charge in [-0.25, -0.2) is 4.68 Å². The van der Waals surface area contributed by atoms with Crippen molar-refractivity contribution >= 4 is 11.9 Å². The van der Waals surface area contributed by atoms with Gasteiger partial charge in [0.25, 0.3) is 5.91 Å². The van der Waals surface area contributed by atoms with Gasteiger partial charge in [0.1, 0.15) is 0 Å². The molecule has 0 unspecified atom stereocenters. The van der Waals surface area contributed by atoms with Crippen molar-refractivity contribution in [2.24, 2.45) is 0 Å². The molecule has 25 heavy (non-hydrogen) atoms. The fraction of sp³-hybridized carbons (Fsp3) is 0.421. The highest BCUT2D eigenvalue weighted by Gasteiger charge is 2.07. The maximum atomic E-state index is 12.1. The van der Waals surface area contributed by atoms with Crippen LogP contribution < -0.4 is 5.32 Å². The van der Waals surface area contributed by atoms with E-state index in [9.17, 15) is 9.59 Å². The van der Waals surface area contributed by atoms with E-state index in [1.807, 2.05) is 36.7 Å². The van der Waals surface area contributed by atoms with Gasteiger partial charge in [-0.15, -0.1) is 0 Å². The Kier molecular flexibility index (Phi) is 6.74. The number of aromatic nitrogens is 2. The molecule has 1 N–H and O–H groups in total. The van der Waals surface area contributed by atoms with Gasteiger partial charge >= 0.3 is 5.97 Å². The van der Waals surface area contributed by atoms with Crippen molar-refractivity contribution in [2.45, 2.75) is 39.5 Å². The Morgan fingerprint density at radius 2 is 1.84 bits per heavy atom. The lowest BCUT2D eigenvalue weighted by molar-refractivity contribution is -0.140. The topological polar surface area (TPSA) is 73.2 Å². The SMILES string of the molecule is COC(=O)CCCCCNC(=O)c1ccc(-n2nc(C)cc2C)cc1. The van der Waals surface area contributed by atoms with Gasteiger partial charge in [0.05, 0.1) is 18.5 Å². The van der Waals surface area contributed by atoms with E-state index in [-0.39, 0.29) is 11.9 Å². The lowest BCUT2D eigenvalue weighted by atomic mass is 10.1. The van der Waals surface area contributed by atoms with Gasteiger partial charge in [-0.2, -0.15) is 5.10 Å². The van der Waals surface area contributed by atoms with E-state index >= 15 is 0 Å². The van der Waals surface area contributed by atoms with E-state index < -0.39 is 0 Å². The highest BCUT2D eigenvalue weighted by atomic mass is 16.5. The minimum absolute atomic E-state index is 0.0899. The Morgan fingerprint density at radius 3 is 2.44 bits per heavy atom. The zero-order valence-corrected chi connectivity index (χ0v) is 15.0. The third kappa shape index (κ3) is 5.45. The summed E-state index contributed by atoms with van der Waals surface area (Å²) in [5.74, 6) is -0.278. The Morgan fingerprint density at radius 1 is 1.12 bits per heavy atom. The molecule has 0 fully saturated rings. The molecule has 0 saturated carbocycles. The molecule has 0 spiro atoms. The zero-order chi connectivity index (χ0) is 18.2. The highest BCUT2D eigenvalue weighted by molar-refractivity contribution is 5.94. The molecule has 0 aliphatic heterocycles. The summed E-state index contributed by atoms with van der Waals surface area (Å²) in [6.07, 6.45) is 2.93. The molecule has 1 aromatic carbocycles. The van der Waals surface area contributed by atoms with Gasteiger partial charge in [0, 0.05) is 24.2 Å². The number of esters is 1. The number of aryl methyl sites for hydroxylation is 2.